The lowest BCUT2D eigenvalue weighted by atomic mass is 10.1. The van der Waals surface area contributed by atoms with Crippen molar-refractivity contribution in [2.45, 2.75) is 97.3 Å². The van der Waals surface area contributed by atoms with Crippen molar-refractivity contribution < 1.29 is 9.53 Å². The van der Waals surface area contributed by atoms with Crippen LogP contribution in [-0.2, 0) is 9.53 Å². The average Bonchev–Trinajstić information content (AvgIpc) is 2.58. The molecule has 3 nitrogen and oxygen atoms in total. The van der Waals surface area contributed by atoms with Crippen LogP contribution in [0.25, 0.3) is 0 Å². The fourth-order valence-corrected chi connectivity index (χ4v) is 2.84. The minimum Gasteiger partial charge on any atom is -0.462 e. The molecule has 0 saturated heterocycles. The van der Waals surface area contributed by atoms with Gasteiger partial charge in [-0.05, 0) is 33.9 Å². The molecule has 0 atom stereocenters. The van der Waals surface area contributed by atoms with Gasteiger partial charge in [-0.3, -0.25) is 0 Å². The zero-order chi connectivity index (χ0) is 18.8. The Labute approximate surface area is 157 Å². The molecule has 0 aliphatic carbocycles. The van der Waals surface area contributed by atoms with Crippen LogP contribution < -0.4 is 0 Å². The standard InChI is InChI=1S/C22H43NO2/c1-5-6-7-8-9-10-11-12-13-14-15-16-20-25-22(24)21(2)18-17-19-23(3)4/h18H,5-17,19-20H2,1-4H3. The summed E-state index contributed by atoms with van der Waals surface area (Å²) in [5.74, 6) is -0.151. The van der Waals surface area contributed by atoms with Crippen molar-refractivity contribution >= 4 is 5.97 Å². The van der Waals surface area contributed by atoms with Crippen LogP contribution in [0.2, 0.25) is 0 Å². The molecule has 0 amide bonds. The molecule has 0 heterocycles. The van der Waals surface area contributed by atoms with Gasteiger partial charge in [0.05, 0.1) is 6.61 Å². The van der Waals surface area contributed by atoms with Gasteiger partial charge in [0, 0.05) is 12.1 Å². The van der Waals surface area contributed by atoms with E-state index in [9.17, 15) is 4.79 Å². The zero-order valence-corrected chi connectivity index (χ0v) is 17.4. The quantitative estimate of drug-likeness (QED) is 0.179. The maximum absolute atomic E-state index is 11.8. The highest BCUT2D eigenvalue weighted by molar-refractivity contribution is 5.87. The number of unbranched alkanes of at least 4 members (excludes halogenated alkanes) is 11. The normalized spacial score (nSPS) is 12.0. The molecule has 0 radical (unpaired) electrons. The van der Waals surface area contributed by atoms with E-state index in [1.807, 2.05) is 27.1 Å². The summed E-state index contributed by atoms with van der Waals surface area (Å²) in [6.07, 6.45) is 18.8. The van der Waals surface area contributed by atoms with Crippen molar-refractivity contribution in [1.29, 1.82) is 0 Å². The van der Waals surface area contributed by atoms with Gasteiger partial charge in [-0.2, -0.15) is 0 Å². The lowest BCUT2D eigenvalue weighted by molar-refractivity contribution is -0.139. The van der Waals surface area contributed by atoms with Crippen LogP contribution in [0, 0.1) is 0 Å². The minimum atomic E-state index is -0.151. The van der Waals surface area contributed by atoms with Gasteiger partial charge < -0.3 is 9.64 Å². The molecule has 0 bridgehead atoms. The molecule has 0 aromatic heterocycles. The van der Waals surface area contributed by atoms with Gasteiger partial charge in [-0.1, -0.05) is 83.6 Å². The Balaban J connectivity index is 3.36. The third kappa shape index (κ3) is 17.8. The van der Waals surface area contributed by atoms with Crippen molar-refractivity contribution in [3.8, 4) is 0 Å². The summed E-state index contributed by atoms with van der Waals surface area (Å²) < 4.78 is 5.33. The van der Waals surface area contributed by atoms with Crippen LogP contribution in [0.5, 0.6) is 0 Å². The van der Waals surface area contributed by atoms with Gasteiger partial charge in [0.15, 0.2) is 0 Å². The highest BCUT2D eigenvalue weighted by Gasteiger charge is 2.04. The molecule has 0 unspecified atom stereocenters. The van der Waals surface area contributed by atoms with E-state index in [1.54, 1.807) is 0 Å². The molecule has 0 spiro atoms. The summed E-state index contributed by atoms with van der Waals surface area (Å²) >= 11 is 0. The minimum absolute atomic E-state index is 0.151. The van der Waals surface area contributed by atoms with E-state index in [-0.39, 0.29) is 5.97 Å². The number of esters is 1. The van der Waals surface area contributed by atoms with Crippen molar-refractivity contribution in [2.75, 3.05) is 27.2 Å². The zero-order valence-electron chi connectivity index (χ0n) is 17.4. The van der Waals surface area contributed by atoms with E-state index in [4.69, 9.17) is 4.74 Å². The molecule has 148 valence electrons. The third-order valence-corrected chi connectivity index (χ3v) is 4.58. The molecular formula is C22H43NO2. The largest absolute Gasteiger partial charge is 0.462 e. The summed E-state index contributed by atoms with van der Waals surface area (Å²) in [7, 11) is 4.07. The number of hydrogen-bond donors (Lipinski definition) is 0. The molecular weight excluding hydrogens is 310 g/mol. The predicted octanol–water partition coefficient (Wildman–Crippen LogP) is 6.13. The molecule has 0 rings (SSSR count). The van der Waals surface area contributed by atoms with E-state index in [0.717, 1.165) is 25.0 Å². The van der Waals surface area contributed by atoms with Crippen LogP contribution in [-0.4, -0.2) is 38.1 Å². The van der Waals surface area contributed by atoms with Crippen molar-refractivity contribution in [2.24, 2.45) is 0 Å². The summed E-state index contributed by atoms with van der Waals surface area (Å²) in [6, 6.07) is 0. The summed E-state index contributed by atoms with van der Waals surface area (Å²) in [5, 5.41) is 0. The van der Waals surface area contributed by atoms with Crippen molar-refractivity contribution in [3.63, 3.8) is 0 Å². The SMILES string of the molecule is CCCCCCCCCCCCCCOC(=O)C(C)=CCCN(C)C. The Morgan fingerprint density at radius 3 is 1.80 bits per heavy atom. The third-order valence-electron chi connectivity index (χ3n) is 4.58. The Hall–Kier alpha value is -0.830. The second-order valence-electron chi connectivity index (χ2n) is 7.50. The van der Waals surface area contributed by atoms with E-state index >= 15 is 0 Å². The van der Waals surface area contributed by atoms with Crippen molar-refractivity contribution in [3.05, 3.63) is 11.6 Å². The number of carbonyl (C=O) groups excluding carboxylic acids is 1. The Morgan fingerprint density at radius 1 is 0.840 bits per heavy atom. The first kappa shape index (κ1) is 24.2. The molecule has 0 fully saturated rings. The van der Waals surface area contributed by atoms with Crippen molar-refractivity contribution in [1.82, 2.24) is 4.90 Å². The van der Waals surface area contributed by atoms with Gasteiger partial charge >= 0.3 is 5.97 Å². The number of rotatable bonds is 17. The smallest absolute Gasteiger partial charge is 0.333 e. The highest BCUT2D eigenvalue weighted by Crippen LogP contribution is 2.12. The molecule has 0 saturated carbocycles. The number of hydrogen-bond acceptors (Lipinski definition) is 3. The fraction of sp³-hybridized carbons (Fsp3) is 0.864. The summed E-state index contributed by atoms with van der Waals surface area (Å²) in [6.45, 7) is 5.64. The topological polar surface area (TPSA) is 29.5 Å². The van der Waals surface area contributed by atoms with Gasteiger partial charge in [0.1, 0.15) is 0 Å². The second-order valence-corrected chi connectivity index (χ2v) is 7.50. The first-order chi connectivity index (χ1) is 12.1. The average molecular weight is 354 g/mol. The van der Waals surface area contributed by atoms with Crippen LogP contribution in [0.1, 0.15) is 97.3 Å². The molecule has 0 aliphatic rings. The molecule has 0 N–H and O–H groups in total. The lowest BCUT2D eigenvalue weighted by Gasteiger charge is -2.08. The van der Waals surface area contributed by atoms with Gasteiger partial charge in [-0.15, -0.1) is 0 Å². The van der Waals surface area contributed by atoms with Gasteiger partial charge in [0.25, 0.3) is 0 Å². The van der Waals surface area contributed by atoms with E-state index in [1.165, 1.54) is 70.6 Å². The molecule has 3 heteroatoms. The first-order valence-corrected chi connectivity index (χ1v) is 10.6. The monoisotopic (exact) mass is 353 g/mol. The molecule has 0 aromatic rings. The van der Waals surface area contributed by atoms with E-state index < -0.39 is 0 Å². The predicted molar refractivity (Wildman–Crippen MR) is 109 cm³/mol. The maximum atomic E-state index is 11.8. The van der Waals surface area contributed by atoms with Crippen LogP contribution >= 0.6 is 0 Å². The number of carbonyl (C=O) groups is 1. The molecule has 0 aliphatic heterocycles. The molecule has 0 aromatic carbocycles. The van der Waals surface area contributed by atoms with Gasteiger partial charge in [-0.25, -0.2) is 4.79 Å². The summed E-state index contributed by atoms with van der Waals surface area (Å²) in [4.78, 5) is 13.9. The number of ether oxygens (including phenoxy) is 1. The first-order valence-electron chi connectivity index (χ1n) is 10.6. The maximum Gasteiger partial charge on any atom is 0.333 e. The highest BCUT2D eigenvalue weighted by atomic mass is 16.5. The fourth-order valence-electron chi connectivity index (χ4n) is 2.84. The Morgan fingerprint density at radius 2 is 1.32 bits per heavy atom. The molecule has 25 heavy (non-hydrogen) atoms. The number of nitrogens with zero attached hydrogens (tertiary/aromatic N) is 1. The Bertz CT molecular complexity index is 337. The summed E-state index contributed by atoms with van der Waals surface area (Å²) in [5.41, 5.74) is 0.737. The van der Waals surface area contributed by atoms with E-state index in [0.29, 0.717) is 6.61 Å². The second kappa shape index (κ2) is 18.0. The Kier molecular flexibility index (Phi) is 17.4. The van der Waals surface area contributed by atoms with Gasteiger partial charge in [0.2, 0.25) is 0 Å². The lowest BCUT2D eigenvalue weighted by Crippen LogP contribution is -2.13. The van der Waals surface area contributed by atoms with Crippen LogP contribution in [0.4, 0.5) is 0 Å². The van der Waals surface area contributed by atoms with Crippen LogP contribution in [0.3, 0.4) is 0 Å². The van der Waals surface area contributed by atoms with Crippen LogP contribution in [0.15, 0.2) is 11.6 Å². The van der Waals surface area contributed by atoms with E-state index in [2.05, 4.69) is 11.8 Å².